The zero-order chi connectivity index (χ0) is 16.5. The van der Waals surface area contributed by atoms with Crippen LogP contribution in [0.3, 0.4) is 0 Å². The maximum Gasteiger partial charge on any atom is 0.357 e. The zero-order valence-corrected chi connectivity index (χ0v) is 14.6. The van der Waals surface area contributed by atoms with Crippen LogP contribution in [-0.2, 0) is 4.74 Å². The predicted molar refractivity (Wildman–Crippen MR) is 95.8 cm³/mol. The minimum Gasteiger partial charge on any atom is -0.457 e. The molecule has 0 aliphatic rings. The molecule has 6 heteroatoms. The third-order valence-electron chi connectivity index (χ3n) is 3.19. The molecule has 122 valence electrons. The molecule has 0 unspecified atom stereocenters. The molecule has 0 radical (unpaired) electrons. The highest BCUT2D eigenvalue weighted by atomic mass is 35.5. The second-order valence-corrected chi connectivity index (χ2v) is 5.73. The van der Waals surface area contributed by atoms with Crippen molar-refractivity contribution < 1.29 is 9.47 Å². The Morgan fingerprint density at radius 2 is 1.91 bits per heavy atom. The van der Waals surface area contributed by atoms with Crippen LogP contribution >= 0.6 is 23.8 Å². The number of aromatic nitrogens is 2. The van der Waals surface area contributed by atoms with Crippen LogP contribution < -0.4 is 4.74 Å². The van der Waals surface area contributed by atoms with E-state index in [0.717, 1.165) is 18.4 Å². The van der Waals surface area contributed by atoms with Gasteiger partial charge in [-0.15, -0.1) is 10.2 Å². The molecule has 0 spiro atoms. The molecule has 0 atom stereocenters. The first-order valence-corrected chi connectivity index (χ1v) is 8.42. The molecule has 0 N–H and O–H groups in total. The highest BCUT2D eigenvalue weighted by Crippen LogP contribution is 2.29. The molecule has 1 aromatic carbocycles. The largest absolute Gasteiger partial charge is 0.457 e. The van der Waals surface area contributed by atoms with Crippen molar-refractivity contribution in [2.75, 3.05) is 6.61 Å². The molecule has 0 bridgehead atoms. The summed E-state index contributed by atoms with van der Waals surface area (Å²) in [6, 6.07) is 11.2. The van der Waals surface area contributed by atoms with Gasteiger partial charge < -0.3 is 9.47 Å². The highest BCUT2D eigenvalue weighted by molar-refractivity contribution is 7.79. The summed E-state index contributed by atoms with van der Waals surface area (Å²) >= 11 is 11.0. The van der Waals surface area contributed by atoms with Crippen molar-refractivity contribution in [2.45, 2.75) is 32.6 Å². The summed E-state index contributed by atoms with van der Waals surface area (Å²) in [4.78, 5) is 0. The summed E-state index contributed by atoms with van der Waals surface area (Å²) < 4.78 is 11.1. The normalized spacial score (nSPS) is 10.3. The van der Waals surface area contributed by atoms with E-state index in [-0.39, 0.29) is 10.4 Å². The summed E-state index contributed by atoms with van der Waals surface area (Å²) in [7, 11) is 0. The van der Waals surface area contributed by atoms with Crippen LogP contribution in [-0.4, -0.2) is 22.0 Å². The lowest BCUT2D eigenvalue weighted by Crippen LogP contribution is -2.12. The number of ether oxygens (including phenoxy) is 2. The Morgan fingerprint density at radius 1 is 1.13 bits per heavy atom. The van der Waals surface area contributed by atoms with Crippen molar-refractivity contribution in [1.29, 1.82) is 0 Å². The van der Waals surface area contributed by atoms with E-state index < -0.39 is 0 Å². The van der Waals surface area contributed by atoms with Crippen molar-refractivity contribution in [3.63, 3.8) is 0 Å². The lowest BCUT2D eigenvalue weighted by Gasteiger charge is -2.11. The van der Waals surface area contributed by atoms with Gasteiger partial charge in [0, 0.05) is 23.8 Å². The van der Waals surface area contributed by atoms with Crippen molar-refractivity contribution in [2.24, 2.45) is 0 Å². The van der Waals surface area contributed by atoms with E-state index in [1.807, 2.05) is 30.3 Å². The standard InChI is InChI=1S/C17H19ClN2O2S/c1-2-3-4-8-11-21-17(23)22-14-12-15(18)19-20-16(14)13-9-6-5-7-10-13/h5-7,9-10,12H,2-4,8,11H2,1H3. The van der Waals surface area contributed by atoms with E-state index in [0.29, 0.717) is 18.1 Å². The minimum atomic E-state index is 0.0720. The molecule has 0 fully saturated rings. The SMILES string of the molecule is CCCCCCOC(=S)Oc1cc(Cl)nnc1-c1ccccc1. The Kier molecular flexibility index (Phi) is 7.23. The summed E-state index contributed by atoms with van der Waals surface area (Å²) in [6.07, 6.45) is 4.46. The molecule has 0 aliphatic carbocycles. The molecule has 0 aliphatic heterocycles. The first kappa shape index (κ1) is 17.6. The molecular formula is C17H19ClN2O2S. The summed E-state index contributed by atoms with van der Waals surface area (Å²) in [6.45, 7) is 2.71. The average Bonchev–Trinajstić information content (AvgIpc) is 2.55. The van der Waals surface area contributed by atoms with Gasteiger partial charge in [0.1, 0.15) is 5.69 Å². The number of nitrogens with zero attached hydrogens (tertiary/aromatic N) is 2. The van der Waals surface area contributed by atoms with Gasteiger partial charge in [-0.3, -0.25) is 0 Å². The molecule has 0 saturated heterocycles. The van der Waals surface area contributed by atoms with Gasteiger partial charge in [-0.2, -0.15) is 0 Å². The van der Waals surface area contributed by atoms with Gasteiger partial charge in [-0.1, -0.05) is 68.1 Å². The Labute approximate surface area is 146 Å². The fraction of sp³-hybridized carbons (Fsp3) is 0.353. The fourth-order valence-electron chi connectivity index (χ4n) is 2.03. The van der Waals surface area contributed by atoms with Crippen molar-refractivity contribution in [3.05, 3.63) is 41.6 Å². The van der Waals surface area contributed by atoms with Crippen LogP contribution in [0, 0.1) is 0 Å². The smallest absolute Gasteiger partial charge is 0.357 e. The second kappa shape index (κ2) is 9.43. The van der Waals surface area contributed by atoms with E-state index in [9.17, 15) is 0 Å². The van der Waals surface area contributed by atoms with E-state index in [4.69, 9.17) is 33.3 Å². The van der Waals surface area contributed by atoms with Crippen LogP contribution in [0.4, 0.5) is 0 Å². The van der Waals surface area contributed by atoms with Crippen LogP contribution in [0.15, 0.2) is 36.4 Å². The molecule has 0 amide bonds. The molecule has 2 aromatic rings. The molecule has 0 saturated carbocycles. The monoisotopic (exact) mass is 350 g/mol. The van der Waals surface area contributed by atoms with E-state index in [1.54, 1.807) is 6.07 Å². The third-order valence-corrected chi connectivity index (χ3v) is 3.57. The number of thiocarbonyl (C=S) groups is 1. The zero-order valence-electron chi connectivity index (χ0n) is 13.0. The lowest BCUT2D eigenvalue weighted by atomic mass is 10.1. The van der Waals surface area contributed by atoms with Crippen LogP contribution in [0.5, 0.6) is 5.75 Å². The third kappa shape index (κ3) is 5.77. The first-order chi connectivity index (χ1) is 11.2. The number of hydrogen-bond acceptors (Lipinski definition) is 5. The van der Waals surface area contributed by atoms with Crippen LogP contribution in [0.1, 0.15) is 32.6 Å². The minimum absolute atomic E-state index is 0.0720. The Balaban J connectivity index is 2.01. The van der Waals surface area contributed by atoms with E-state index in [1.165, 1.54) is 12.8 Å². The summed E-state index contributed by atoms with van der Waals surface area (Å²) in [5.41, 5.74) is 1.45. The van der Waals surface area contributed by atoms with Crippen LogP contribution in [0.2, 0.25) is 5.15 Å². The van der Waals surface area contributed by atoms with Crippen molar-refractivity contribution >= 4 is 29.1 Å². The number of rotatable bonds is 7. The summed E-state index contributed by atoms with van der Waals surface area (Å²) in [5.74, 6) is 0.440. The molecule has 1 heterocycles. The number of unbranched alkanes of at least 4 members (excludes halogenated alkanes) is 3. The molecular weight excluding hydrogens is 332 g/mol. The number of halogens is 1. The van der Waals surface area contributed by atoms with Crippen molar-refractivity contribution in [1.82, 2.24) is 10.2 Å². The molecule has 23 heavy (non-hydrogen) atoms. The van der Waals surface area contributed by atoms with Crippen molar-refractivity contribution in [3.8, 4) is 17.0 Å². The molecule has 2 rings (SSSR count). The fourth-order valence-corrected chi connectivity index (χ4v) is 2.34. The molecule has 1 aromatic heterocycles. The van der Waals surface area contributed by atoms with Gasteiger partial charge >= 0.3 is 5.24 Å². The topological polar surface area (TPSA) is 44.2 Å². The van der Waals surface area contributed by atoms with Crippen LogP contribution in [0.25, 0.3) is 11.3 Å². The van der Waals surface area contributed by atoms with Gasteiger partial charge in [0.2, 0.25) is 0 Å². The average molecular weight is 351 g/mol. The lowest BCUT2D eigenvalue weighted by molar-refractivity contribution is 0.241. The van der Waals surface area contributed by atoms with E-state index >= 15 is 0 Å². The first-order valence-electron chi connectivity index (χ1n) is 7.64. The van der Waals surface area contributed by atoms with E-state index in [2.05, 4.69) is 17.1 Å². The summed E-state index contributed by atoms with van der Waals surface area (Å²) in [5, 5.41) is 8.28. The maximum absolute atomic E-state index is 5.91. The van der Waals surface area contributed by atoms with Gasteiger partial charge in [0.05, 0.1) is 6.61 Å². The quantitative estimate of drug-likeness (QED) is 0.516. The Hall–Kier alpha value is -1.72. The maximum atomic E-state index is 5.91. The number of hydrogen-bond donors (Lipinski definition) is 0. The van der Waals surface area contributed by atoms with Gasteiger partial charge in [0.25, 0.3) is 0 Å². The highest BCUT2D eigenvalue weighted by Gasteiger charge is 2.13. The van der Waals surface area contributed by atoms with Gasteiger partial charge in [-0.05, 0) is 6.42 Å². The number of benzene rings is 1. The predicted octanol–water partition coefficient (Wildman–Crippen LogP) is 5.06. The van der Waals surface area contributed by atoms with Gasteiger partial charge in [-0.25, -0.2) is 0 Å². The Morgan fingerprint density at radius 3 is 2.65 bits per heavy atom. The Bertz CT molecular complexity index is 638. The van der Waals surface area contributed by atoms with Gasteiger partial charge in [0.15, 0.2) is 10.9 Å². The molecule has 4 nitrogen and oxygen atoms in total. The second-order valence-electron chi connectivity index (χ2n) is 5.01.